The molecular weight excluding hydrogens is 240 g/mol. The molecule has 1 fully saturated rings. The number of benzene rings is 1. The summed E-state index contributed by atoms with van der Waals surface area (Å²) in [6.45, 7) is 1.67. The van der Waals surface area contributed by atoms with Crippen LogP contribution in [0.1, 0.15) is 18.4 Å². The van der Waals surface area contributed by atoms with Crippen LogP contribution in [0.2, 0.25) is 0 Å². The monoisotopic (exact) mass is 264 g/mol. The van der Waals surface area contributed by atoms with Gasteiger partial charge in [-0.15, -0.1) is 0 Å². The lowest BCUT2D eigenvalue weighted by atomic mass is 10.0. The maximum absolute atomic E-state index is 10.2. The first kappa shape index (κ1) is 14.5. The van der Waals surface area contributed by atoms with Crippen LogP contribution in [0.3, 0.4) is 0 Å². The van der Waals surface area contributed by atoms with Crippen LogP contribution in [0, 0.1) is 0 Å². The van der Waals surface area contributed by atoms with Crippen LogP contribution < -0.4 is 5.73 Å². The van der Waals surface area contributed by atoms with E-state index in [1.165, 1.54) is 0 Å². The molecule has 1 saturated heterocycles. The van der Waals surface area contributed by atoms with Crippen molar-refractivity contribution in [3.8, 4) is 0 Å². The fraction of sp³-hybridized carbons (Fsp3) is 0.600. The van der Waals surface area contributed by atoms with E-state index in [1.54, 1.807) is 0 Å². The SMILES string of the molecule is N[C@H](Cc1ccccc1)[C@@H](O)CN1CCC[C@H]1CO. The summed E-state index contributed by atoms with van der Waals surface area (Å²) in [5, 5.41) is 19.5. The second-order valence-corrected chi connectivity index (χ2v) is 5.39. The number of aliphatic hydroxyl groups excluding tert-OH is 2. The number of rotatable bonds is 6. The number of nitrogens with zero attached hydrogens (tertiary/aromatic N) is 1. The molecule has 106 valence electrons. The zero-order chi connectivity index (χ0) is 13.7. The van der Waals surface area contributed by atoms with Gasteiger partial charge in [-0.3, -0.25) is 4.90 Å². The zero-order valence-corrected chi connectivity index (χ0v) is 11.3. The Hall–Kier alpha value is -0.940. The predicted octanol–water partition coefficient (Wildman–Crippen LogP) is 0.374. The molecule has 2 rings (SSSR count). The average Bonchev–Trinajstić information content (AvgIpc) is 2.87. The van der Waals surface area contributed by atoms with Gasteiger partial charge in [0.1, 0.15) is 0 Å². The maximum Gasteiger partial charge on any atom is 0.0821 e. The molecule has 0 radical (unpaired) electrons. The van der Waals surface area contributed by atoms with E-state index < -0.39 is 6.10 Å². The third kappa shape index (κ3) is 4.01. The van der Waals surface area contributed by atoms with Crippen molar-refractivity contribution in [1.29, 1.82) is 0 Å². The van der Waals surface area contributed by atoms with Gasteiger partial charge < -0.3 is 15.9 Å². The van der Waals surface area contributed by atoms with E-state index in [0.717, 1.165) is 24.9 Å². The highest BCUT2D eigenvalue weighted by Crippen LogP contribution is 2.17. The number of hydrogen-bond donors (Lipinski definition) is 3. The van der Waals surface area contributed by atoms with E-state index in [9.17, 15) is 10.2 Å². The Morgan fingerprint density at radius 1 is 1.32 bits per heavy atom. The van der Waals surface area contributed by atoms with Gasteiger partial charge in [-0.1, -0.05) is 30.3 Å². The molecule has 1 aliphatic rings. The van der Waals surface area contributed by atoms with Crippen LogP contribution in [0.15, 0.2) is 30.3 Å². The van der Waals surface area contributed by atoms with Gasteiger partial charge in [0.15, 0.2) is 0 Å². The summed E-state index contributed by atoms with van der Waals surface area (Å²) in [5.74, 6) is 0. The minimum atomic E-state index is -0.549. The van der Waals surface area contributed by atoms with Gasteiger partial charge in [-0.05, 0) is 31.4 Å². The smallest absolute Gasteiger partial charge is 0.0821 e. The molecule has 1 aromatic carbocycles. The highest BCUT2D eigenvalue weighted by molar-refractivity contribution is 5.16. The fourth-order valence-electron chi connectivity index (χ4n) is 2.74. The van der Waals surface area contributed by atoms with E-state index in [0.29, 0.717) is 13.0 Å². The zero-order valence-electron chi connectivity index (χ0n) is 11.3. The quantitative estimate of drug-likeness (QED) is 0.694. The van der Waals surface area contributed by atoms with Gasteiger partial charge in [-0.25, -0.2) is 0 Å². The number of hydrogen-bond acceptors (Lipinski definition) is 4. The molecule has 0 bridgehead atoms. The van der Waals surface area contributed by atoms with Crippen molar-refractivity contribution in [2.75, 3.05) is 19.7 Å². The van der Waals surface area contributed by atoms with Crippen molar-refractivity contribution in [2.45, 2.75) is 37.5 Å². The van der Waals surface area contributed by atoms with Crippen molar-refractivity contribution in [2.24, 2.45) is 5.73 Å². The largest absolute Gasteiger partial charge is 0.395 e. The first-order valence-corrected chi connectivity index (χ1v) is 7.03. The summed E-state index contributed by atoms with van der Waals surface area (Å²) >= 11 is 0. The number of nitrogens with two attached hydrogens (primary N) is 1. The molecule has 1 aromatic rings. The summed E-state index contributed by atoms with van der Waals surface area (Å²) in [7, 11) is 0. The van der Waals surface area contributed by atoms with Gasteiger partial charge in [-0.2, -0.15) is 0 Å². The lowest BCUT2D eigenvalue weighted by molar-refractivity contribution is 0.0697. The van der Waals surface area contributed by atoms with Gasteiger partial charge >= 0.3 is 0 Å². The molecule has 1 aliphatic heterocycles. The molecule has 0 aliphatic carbocycles. The molecule has 3 atom stereocenters. The van der Waals surface area contributed by atoms with Gasteiger partial charge in [0.25, 0.3) is 0 Å². The molecular formula is C15H24N2O2. The normalized spacial score (nSPS) is 23.4. The first-order valence-electron chi connectivity index (χ1n) is 7.03. The molecule has 1 heterocycles. The summed E-state index contributed by atoms with van der Waals surface area (Å²) in [5.41, 5.74) is 7.22. The van der Waals surface area contributed by atoms with E-state index >= 15 is 0 Å². The van der Waals surface area contributed by atoms with Crippen LogP contribution in [-0.2, 0) is 6.42 Å². The minimum Gasteiger partial charge on any atom is -0.395 e. The van der Waals surface area contributed by atoms with E-state index in [4.69, 9.17) is 5.73 Å². The summed E-state index contributed by atoms with van der Waals surface area (Å²) in [6.07, 6.45) is 2.23. The van der Waals surface area contributed by atoms with Crippen molar-refractivity contribution in [3.05, 3.63) is 35.9 Å². The molecule has 0 saturated carbocycles. The Kier molecular flexibility index (Phi) is 5.34. The minimum absolute atomic E-state index is 0.167. The topological polar surface area (TPSA) is 69.7 Å². The van der Waals surface area contributed by atoms with Crippen molar-refractivity contribution < 1.29 is 10.2 Å². The summed E-state index contributed by atoms with van der Waals surface area (Å²) < 4.78 is 0. The highest BCUT2D eigenvalue weighted by Gasteiger charge is 2.27. The van der Waals surface area contributed by atoms with Crippen LogP contribution in [0.25, 0.3) is 0 Å². The molecule has 0 aromatic heterocycles. The van der Waals surface area contributed by atoms with Gasteiger partial charge in [0, 0.05) is 18.6 Å². The number of β-amino-alcohol motifs (C(OH)–C–C–N with tert-alkyl or cyclic N) is 1. The molecule has 4 heteroatoms. The van der Waals surface area contributed by atoms with Crippen LogP contribution in [0.4, 0.5) is 0 Å². The predicted molar refractivity (Wildman–Crippen MR) is 75.8 cm³/mol. The number of aliphatic hydroxyl groups is 2. The third-order valence-corrected chi connectivity index (χ3v) is 3.94. The maximum atomic E-state index is 10.2. The summed E-state index contributed by atoms with van der Waals surface area (Å²) in [6, 6.07) is 9.92. The standard InChI is InChI=1S/C15H24N2O2/c16-14(9-12-5-2-1-3-6-12)15(19)10-17-8-4-7-13(17)11-18/h1-3,5-6,13-15,18-19H,4,7-11,16H2/t13-,14+,15-/m0/s1. The average molecular weight is 264 g/mol. The Morgan fingerprint density at radius 3 is 2.74 bits per heavy atom. The lowest BCUT2D eigenvalue weighted by Crippen LogP contribution is -2.46. The third-order valence-electron chi connectivity index (χ3n) is 3.94. The van der Waals surface area contributed by atoms with Crippen molar-refractivity contribution in [1.82, 2.24) is 4.90 Å². The Morgan fingerprint density at radius 2 is 2.05 bits per heavy atom. The van der Waals surface area contributed by atoms with E-state index in [1.807, 2.05) is 30.3 Å². The fourth-order valence-corrected chi connectivity index (χ4v) is 2.74. The Labute approximate surface area is 114 Å². The second kappa shape index (κ2) is 7.01. The number of likely N-dealkylation sites (tertiary alicyclic amines) is 1. The molecule has 4 N–H and O–H groups in total. The Balaban J connectivity index is 1.83. The molecule has 0 amide bonds. The molecule has 0 spiro atoms. The van der Waals surface area contributed by atoms with E-state index in [-0.39, 0.29) is 18.7 Å². The van der Waals surface area contributed by atoms with Crippen molar-refractivity contribution >= 4 is 0 Å². The van der Waals surface area contributed by atoms with Gasteiger partial charge in [0.2, 0.25) is 0 Å². The highest BCUT2D eigenvalue weighted by atomic mass is 16.3. The second-order valence-electron chi connectivity index (χ2n) is 5.39. The molecule has 0 unspecified atom stereocenters. The van der Waals surface area contributed by atoms with Gasteiger partial charge in [0.05, 0.1) is 12.7 Å². The van der Waals surface area contributed by atoms with Crippen LogP contribution in [0.5, 0.6) is 0 Å². The van der Waals surface area contributed by atoms with Crippen LogP contribution in [-0.4, -0.2) is 53.0 Å². The van der Waals surface area contributed by atoms with E-state index in [2.05, 4.69) is 4.90 Å². The Bertz CT molecular complexity index is 372. The van der Waals surface area contributed by atoms with Crippen LogP contribution >= 0.6 is 0 Å². The molecule has 19 heavy (non-hydrogen) atoms. The summed E-state index contributed by atoms with van der Waals surface area (Å²) in [4.78, 5) is 2.15. The lowest BCUT2D eigenvalue weighted by Gasteiger charge is -2.28. The molecule has 4 nitrogen and oxygen atoms in total. The first-order chi connectivity index (χ1) is 9.20. The van der Waals surface area contributed by atoms with Crippen molar-refractivity contribution in [3.63, 3.8) is 0 Å².